The van der Waals surface area contributed by atoms with E-state index in [2.05, 4.69) is 55.8 Å². The minimum atomic E-state index is 0.105. The van der Waals surface area contributed by atoms with Crippen LogP contribution in [0.15, 0.2) is 65.0 Å². The highest BCUT2D eigenvalue weighted by Crippen LogP contribution is 2.39. The fourth-order valence-electron chi connectivity index (χ4n) is 5.22. The molecule has 0 amide bonds. The van der Waals surface area contributed by atoms with Crippen LogP contribution in [-0.2, 0) is 5.41 Å². The predicted octanol–water partition coefficient (Wildman–Crippen LogP) is 5.60. The van der Waals surface area contributed by atoms with Gasteiger partial charge in [-0.1, -0.05) is 49.6 Å². The molecule has 0 radical (unpaired) electrons. The number of rotatable bonds is 7. The van der Waals surface area contributed by atoms with Crippen LogP contribution in [0.25, 0.3) is 0 Å². The summed E-state index contributed by atoms with van der Waals surface area (Å²) in [6.07, 6.45) is 13.3. The van der Waals surface area contributed by atoms with E-state index in [1.54, 1.807) is 12.4 Å². The van der Waals surface area contributed by atoms with Crippen molar-refractivity contribution in [3.05, 3.63) is 60.4 Å². The van der Waals surface area contributed by atoms with Gasteiger partial charge in [-0.25, -0.2) is 15.0 Å². The minimum absolute atomic E-state index is 0.105. The SMILES string of the molecule is S=C(NCC1(c2ccccc2)CCCCC1)Nc1nc(Sc2ncccn2)cc(N2CCCCC2)n1. The number of nitrogens with one attached hydrogen (secondary N) is 2. The zero-order chi connectivity index (χ0) is 24.6. The lowest BCUT2D eigenvalue weighted by molar-refractivity contribution is 0.292. The monoisotopic (exact) mass is 519 g/mol. The third kappa shape index (κ3) is 6.31. The van der Waals surface area contributed by atoms with Crippen LogP contribution in [0.2, 0.25) is 0 Å². The Labute approximate surface area is 222 Å². The summed E-state index contributed by atoms with van der Waals surface area (Å²) >= 11 is 7.17. The first kappa shape index (κ1) is 24.9. The molecule has 0 bridgehead atoms. The molecule has 1 aromatic carbocycles. The van der Waals surface area contributed by atoms with Gasteiger partial charge in [-0.3, -0.25) is 0 Å². The summed E-state index contributed by atoms with van der Waals surface area (Å²) in [7, 11) is 0. The summed E-state index contributed by atoms with van der Waals surface area (Å²) in [5, 5.41) is 8.79. The van der Waals surface area contributed by atoms with Gasteiger partial charge < -0.3 is 15.5 Å². The molecule has 3 heterocycles. The number of nitrogens with zero attached hydrogens (tertiary/aromatic N) is 5. The number of hydrogen-bond acceptors (Lipinski definition) is 7. The molecule has 1 aliphatic carbocycles. The molecule has 0 spiro atoms. The first-order valence-corrected chi connectivity index (χ1v) is 14.1. The van der Waals surface area contributed by atoms with Gasteiger partial charge in [0.05, 0.1) is 0 Å². The molecule has 2 fully saturated rings. The second kappa shape index (κ2) is 12.0. The first-order valence-electron chi connectivity index (χ1n) is 12.9. The maximum atomic E-state index is 5.73. The van der Waals surface area contributed by atoms with Crippen molar-refractivity contribution in [2.45, 2.75) is 67.0 Å². The second-order valence-electron chi connectivity index (χ2n) is 9.58. The van der Waals surface area contributed by atoms with Crippen molar-refractivity contribution in [1.29, 1.82) is 0 Å². The van der Waals surface area contributed by atoms with Crippen molar-refractivity contribution >= 4 is 40.9 Å². The molecule has 2 N–H and O–H groups in total. The third-order valence-electron chi connectivity index (χ3n) is 7.12. The number of piperidine rings is 1. The largest absolute Gasteiger partial charge is 0.361 e. The van der Waals surface area contributed by atoms with Crippen molar-refractivity contribution in [2.24, 2.45) is 0 Å². The third-order valence-corrected chi connectivity index (χ3v) is 8.17. The Morgan fingerprint density at radius 2 is 1.64 bits per heavy atom. The van der Waals surface area contributed by atoms with Gasteiger partial charge in [-0.15, -0.1) is 0 Å². The van der Waals surface area contributed by atoms with Gasteiger partial charge in [0, 0.05) is 43.5 Å². The summed E-state index contributed by atoms with van der Waals surface area (Å²) in [6, 6.07) is 14.7. The Morgan fingerprint density at radius 3 is 2.39 bits per heavy atom. The van der Waals surface area contributed by atoms with Crippen LogP contribution >= 0.6 is 24.0 Å². The number of aromatic nitrogens is 4. The Morgan fingerprint density at radius 1 is 0.917 bits per heavy atom. The number of hydrogen-bond donors (Lipinski definition) is 2. The molecular formula is C27H33N7S2. The first-order chi connectivity index (χ1) is 17.7. The lowest BCUT2D eigenvalue weighted by Crippen LogP contribution is -2.43. The molecule has 188 valence electrons. The van der Waals surface area contributed by atoms with Gasteiger partial charge in [-0.2, -0.15) is 4.98 Å². The lowest BCUT2D eigenvalue weighted by Gasteiger charge is -2.38. The molecule has 2 aromatic heterocycles. The van der Waals surface area contributed by atoms with E-state index >= 15 is 0 Å². The molecule has 9 heteroatoms. The molecule has 0 atom stereocenters. The van der Waals surface area contributed by atoms with Gasteiger partial charge >= 0.3 is 0 Å². The summed E-state index contributed by atoms with van der Waals surface area (Å²) in [5.41, 5.74) is 1.50. The van der Waals surface area contributed by atoms with Crippen LogP contribution in [0.5, 0.6) is 0 Å². The van der Waals surface area contributed by atoms with Crippen LogP contribution in [0.3, 0.4) is 0 Å². The van der Waals surface area contributed by atoms with Gasteiger partial charge in [0.15, 0.2) is 10.3 Å². The maximum Gasteiger partial charge on any atom is 0.232 e. The molecule has 3 aromatic rings. The highest BCUT2D eigenvalue weighted by atomic mass is 32.2. The molecule has 1 saturated carbocycles. The zero-order valence-corrected chi connectivity index (χ0v) is 22.2. The van der Waals surface area contributed by atoms with Crippen LogP contribution < -0.4 is 15.5 Å². The van der Waals surface area contributed by atoms with E-state index in [4.69, 9.17) is 22.2 Å². The Bertz CT molecular complexity index is 1130. The number of benzene rings is 1. The molecule has 0 unspecified atom stereocenters. The molecule has 5 rings (SSSR count). The number of anilines is 2. The molecule has 1 saturated heterocycles. The second-order valence-corrected chi connectivity index (χ2v) is 11.0. The predicted molar refractivity (Wildman–Crippen MR) is 150 cm³/mol. The topological polar surface area (TPSA) is 78.9 Å². The fourth-order valence-corrected chi connectivity index (χ4v) is 6.09. The summed E-state index contributed by atoms with van der Waals surface area (Å²) < 4.78 is 0. The quantitative estimate of drug-likeness (QED) is 0.236. The van der Waals surface area contributed by atoms with Crippen LogP contribution in [0.1, 0.15) is 56.9 Å². The Balaban J connectivity index is 1.32. The van der Waals surface area contributed by atoms with E-state index in [1.807, 2.05) is 12.1 Å². The van der Waals surface area contributed by atoms with E-state index in [9.17, 15) is 0 Å². The maximum absolute atomic E-state index is 5.73. The standard InChI is InChI=1S/C27H33N7S2/c35-25(30-20-27(13-6-2-7-14-27)21-11-4-1-5-12-21)33-24-31-22(34-17-8-3-9-18-34)19-23(32-24)36-26-28-15-10-16-29-26/h1,4-5,10-12,15-16,19H,2-3,6-9,13-14,17-18,20H2,(H2,30,31,32,33,35). The average Bonchev–Trinajstić information content (AvgIpc) is 2.94. The van der Waals surface area contributed by atoms with E-state index < -0.39 is 0 Å². The van der Waals surface area contributed by atoms with Crippen LogP contribution in [-0.4, -0.2) is 44.7 Å². The highest BCUT2D eigenvalue weighted by molar-refractivity contribution is 7.99. The Hall–Kier alpha value is -2.78. The smallest absolute Gasteiger partial charge is 0.232 e. The minimum Gasteiger partial charge on any atom is -0.361 e. The van der Waals surface area contributed by atoms with Gasteiger partial charge in [0.25, 0.3) is 0 Å². The average molecular weight is 520 g/mol. The van der Waals surface area contributed by atoms with Gasteiger partial charge in [-0.05, 0) is 67.7 Å². The van der Waals surface area contributed by atoms with Gasteiger partial charge in [0.2, 0.25) is 5.95 Å². The van der Waals surface area contributed by atoms with Crippen LogP contribution in [0.4, 0.5) is 11.8 Å². The van der Waals surface area contributed by atoms with E-state index in [-0.39, 0.29) is 5.41 Å². The summed E-state index contributed by atoms with van der Waals surface area (Å²) in [5.74, 6) is 1.42. The van der Waals surface area contributed by atoms with Crippen molar-refractivity contribution < 1.29 is 0 Å². The normalized spacial score (nSPS) is 17.4. The highest BCUT2D eigenvalue weighted by Gasteiger charge is 2.33. The molecule has 7 nitrogen and oxygen atoms in total. The number of thiocarbonyl (C=S) groups is 1. The van der Waals surface area contributed by atoms with E-state index in [0.717, 1.165) is 30.5 Å². The molecule has 1 aliphatic heterocycles. The van der Waals surface area contributed by atoms with Gasteiger partial charge in [0.1, 0.15) is 10.8 Å². The molecular weight excluding hydrogens is 486 g/mol. The van der Waals surface area contributed by atoms with E-state index in [0.29, 0.717) is 16.2 Å². The van der Waals surface area contributed by atoms with Crippen molar-refractivity contribution in [2.75, 3.05) is 29.9 Å². The zero-order valence-electron chi connectivity index (χ0n) is 20.5. The Kier molecular flexibility index (Phi) is 8.28. The summed E-state index contributed by atoms with van der Waals surface area (Å²) in [4.78, 5) is 20.6. The van der Waals surface area contributed by atoms with Crippen molar-refractivity contribution in [3.8, 4) is 0 Å². The molecule has 2 aliphatic rings. The lowest BCUT2D eigenvalue weighted by atomic mass is 9.69. The fraction of sp³-hybridized carbons (Fsp3) is 0.444. The van der Waals surface area contributed by atoms with Crippen LogP contribution in [0, 0.1) is 0 Å². The summed E-state index contributed by atoms with van der Waals surface area (Å²) in [6.45, 7) is 2.81. The van der Waals surface area contributed by atoms with Crippen molar-refractivity contribution in [1.82, 2.24) is 25.3 Å². The van der Waals surface area contributed by atoms with Crippen molar-refractivity contribution in [3.63, 3.8) is 0 Å². The molecule has 36 heavy (non-hydrogen) atoms. The van der Waals surface area contributed by atoms with E-state index in [1.165, 1.54) is 68.7 Å².